The van der Waals surface area contributed by atoms with Crippen molar-refractivity contribution < 1.29 is 18.5 Å². The fraction of sp³-hybridized carbons (Fsp3) is 1.00. The van der Waals surface area contributed by atoms with E-state index in [1.807, 2.05) is 0 Å². The molecule has 0 heterocycles. The van der Waals surface area contributed by atoms with Crippen LogP contribution in [-0.2, 0) is 13.6 Å². The second-order valence-corrected chi connectivity index (χ2v) is 16.3. The first-order valence-corrected chi connectivity index (χ1v) is 16.1. The van der Waals surface area contributed by atoms with E-state index in [9.17, 15) is 9.46 Å². The van der Waals surface area contributed by atoms with Gasteiger partial charge in [-0.3, -0.25) is 0 Å². The van der Waals surface area contributed by atoms with Gasteiger partial charge in [-0.05, 0) is 0 Å². The van der Waals surface area contributed by atoms with Crippen LogP contribution in [0, 0.1) is 5.92 Å². The molecular formula is C20H44O4P2. The van der Waals surface area contributed by atoms with Crippen molar-refractivity contribution in [3.8, 4) is 0 Å². The van der Waals surface area contributed by atoms with Crippen LogP contribution < -0.4 is 0 Å². The molecule has 0 radical (unpaired) electrons. The number of hydrogen-bond acceptors (Lipinski definition) is 3. The summed E-state index contributed by atoms with van der Waals surface area (Å²) in [6, 6.07) is 0. The molecule has 1 atom stereocenters. The zero-order chi connectivity index (χ0) is 19.5. The molecule has 26 heavy (non-hydrogen) atoms. The maximum atomic E-state index is 12.1. The molecule has 0 aromatic carbocycles. The molecule has 1 fully saturated rings. The molecule has 0 spiro atoms. The van der Waals surface area contributed by atoms with Crippen LogP contribution >= 0.6 is 15.1 Å². The summed E-state index contributed by atoms with van der Waals surface area (Å²) in [4.78, 5) is 9.92. The van der Waals surface area contributed by atoms with E-state index in [1.54, 1.807) is 0 Å². The molecule has 1 aliphatic carbocycles. The van der Waals surface area contributed by atoms with Crippen molar-refractivity contribution in [2.45, 2.75) is 90.1 Å². The topological polar surface area (TPSA) is 55.8 Å². The first-order chi connectivity index (χ1) is 12.2. The number of hydrogen-bond donors (Lipinski definition) is 1. The van der Waals surface area contributed by atoms with E-state index in [2.05, 4.69) is 26.9 Å². The van der Waals surface area contributed by atoms with Gasteiger partial charge < -0.3 is 0 Å². The van der Waals surface area contributed by atoms with Gasteiger partial charge in [-0.15, -0.1) is 0 Å². The summed E-state index contributed by atoms with van der Waals surface area (Å²) in [5.74, 6) is 0.774. The molecule has 0 aromatic rings. The molecule has 0 amide bonds. The molecule has 1 N–H and O–H groups in total. The number of phosphoric acid groups is 1. The molecule has 4 nitrogen and oxygen atoms in total. The second-order valence-electron chi connectivity index (χ2n) is 9.27. The van der Waals surface area contributed by atoms with Crippen molar-refractivity contribution in [2.24, 2.45) is 5.92 Å². The monoisotopic (exact) mass is 410 g/mol. The van der Waals surface area contributed by atoms with Crippen molar-refractivity contribution in [1.29, 1.82) is 0 Å². The predicted molar refractivity (Wildman–Crippen MR) is 116 cm³/mol. The van der Waals surface area contributed by atoms with Crippen LogP contribution in [-0.4, -0.2) is 43.8 Å². The zero-order valence-electron chi connectivity index (χ0n) is 17.7. The Bertz CT molecular complexity index is 401. The van der Waals surface area contributed by atoms with Crippen LogP contribution in [0.1, 0.15) is 84.0 Å². The summed E-state index contributed by atoms with van der Waals surface area (Å²) < 4.78 is 22.7. The van der Waals surface area contributed by atoms with Crippen LogP contribution in [0.15, 0.2) is 0 Å². The SMILES string of the molecule is CCCCCCCCC[C@H]1CC[C@H](OP(=O)(O)OCC[PH](C)(C)C)CC1. The summed E-state index contributed by atoms with van der Waals surface area (Å²) in [6.07, 6.45) is 15.6. The number of rotatable bonds is 14. The van der Waals surface area contributed by atoms with Gasteiger partial charge in [0, 0.05) is 0 Å². The Kier molecular flexibility index (Phi) is 12.2. The number of unbranched alkanes of at least 4 members (excludes halogenated alkanes) is 6. The minimum absolute atomic E-state index is 0.108. The average Bonchev–Trinajstić information content (AvgIpc) is 2.54. The Labute approximate surface area is 162 Å². The molecule has 0 bridgehead atoms. The van der Waals surface area contributed by atoms with Crippen molar-refractivity contribution in [1.82, 2.24) is 0 Å². The van der Waals surface area contributed by atoms with Gasteiger partial charge >= 0.3 is 123 Å². The normalized spacial score (nSPS) is 24.3. The third kappa shape index (κ3) is 12.8. The Morgan fingerprint density at radius 3 is 2.12 bits per heavy atom. The fourth-order valence-corrected chi connectivity index (χ4v) is 5.46. The van der Waals surface area contributed by atoms with Gasteiger partial charge in [-0.1, -0.05) is 39.0 Å². The van der Waals surface area contributed by atoms with Crippen molar-refractivity contribution in [2.75, 3.05) is 32.8 Å². The molecule has 0 aromatic heterocycles. The molecule has 0 saturated heterocycles. The predicted octanol–water partition coefficient (Wildman–Crippen LogP) is 6.46. The van der Waals surface area contributed by atoms with Crippen LogP contribution in [0.4, 0.5) is 0 Å². The van der Waals surface area contributed by atoms with E-state index in [1.165, 1.54) is 51.4 Å². The Morgan fingerprint density at radius 1 is 0.962 bits per heavy atom. The van der Waals surface area contributed by atoms with Gasteiger partial charge in [0.05, 0.1) is 0 Å². The molecule has 0 aliphatic heterocycles. The van der Waals surface area contributed by atoms with E-state index in [0.29, 0.717) is 6.61 Å². The molecule has 1 aliphatic rings. The average molecular weight is 411 g/mol. The van der Waals surface area contributed by atoms with E-state index in [0.717, 1.165) is 37.8 Å². The van der Waals surface area contributed by atoms with Gasteiger partial charge in [0.25, 0.3) is 0 Å². The molecule has 1 saturated carbocycles. The third-order valence-corrected chi connectivity index (χ3v) is 8.18. The standard InChI is InChI=1S/C20H44O4P2/c1-5-6-7-8-9-10-11-12-19-13-15-20(16-14-19)24-26(21,22)23-17-18-25(2,3)4/h19-20,25H,5-18H2,1-4H3,(H,21,22)/t19-,20-. The maximum absolute atomic E-state index is 12.1. The summed E-state index contributed by atoms with van der Waals surface area (Å²) >= 11 is 0. The van der Waals surface area contributed by atoms with Crippen LogP contribution in [0.2, 0.25) is 0 Å². The Hall–Kier alpha value is 0.540. The summed E-state index contributed by atoms with van der Waals surface area (Å²) in [6.45, 7) is 9.27. The number of phosphoric ester groups is 1. The van der Waals surface area contributed by atoms with Gasteiger partial charge in [-0.2, -0.15) is 0 Å². The van der Waals surface area contributed by atoms with E-state index >= 15 is 0 Å². The molecule has 6 heteroatoms. The van der Waals surface area contributed by atoms with Crippen molar-refractivity contribution in [3.63, 3.8) is 0 Å². The van der Waals surface area contributed by atoms with Gasteiger partial charge in [0.2, 0.25) is 0 Å². The fourth-order valence-electron chi connectivity index (χ4n) is 3.60. The Morgan fingerprint density at radius 2 is 1.54 bits per heavy atom. The zero-order valence-corrected chi connectivity index (χ0v) is 19.6. The first kappa shape index (κ1) is 24.6. The van der Waals surface area contributed by atoms with Gasteiger partial charge in [0.15, 0.2) is 0 Å². The van der Waals surface area contributed by atoms with Crippen molar-refractivity contribution in [3.05, 3.63) is 0 Å². The van der Waals surface area contributed by atoms with Crippen LogP contribution in [0.5, 0.6) is 0 Å². The molecule has 1 rings (SSSR count). The van der Waals surface area contributed by atoms with Gasteiger partial charge in [-0.25, -0.2) is 0 Å². The van der Waals surface area contributed by atoms with E-state index < -0.39 is 15.1 Å². The molecule has 158 valence electrons. The summed E-state index contributed by atoms with van der Waals surface area (Å²) in [5, 5.41) is 0. The van der Waals surface area contributed by atoms with E-state index in [4.69, 9.17) is 9.05 Å². The summed E-state index contributed by atoms with van der Waals surface area (Å²) in [7, 11) is -5.14. The first-order valence-electron chi connectivity index (χ1n) is 10.9. The van der Waals surface area contributed by atoms with Crippen LogP contribution in [0.25, 0.3) is 0 Å². The van der Waals surface area contributed by atoms with E-state index in [-0.39, 0.29) is 6.10 Å². The van der Waals surface area contributed by atoms with Crippen molar-refractivity contribution >= 4 is 15.1 Å². The third-order valence-electron chi connectivity index (χ3n) is 5.40. The quantitative estimate of drug-likeness (QED) is 0.264. The Balaban J connectivity index is 2.10. The van der Waals surface area contributed by atoms with Gasteiger partial charge in [0.1, 0.15) is 0 Å². The summed E-state index contributed by atoms with van der Waals surface area (Å²) in [5.41, 5.74) is 0. The molecule has 1 unspecified atom stereocenters. The molecular weight excluding hydrogens is 366 g/mol. The second kappa shape index (κ2) is 12.9. The minimum atomic E-state index is -3.88. The van der Waals surface area contributed by atoms with Crippen LogP contribution in [0.3, 0.4) is 0 Å².